The molecule has 20 heavy (non-hydrogen) atoms. The Hall–Kier alpha value is -1.43. The molecule has 0 radical (unpaired) electrons. The summed E-state index contributed by atoms with van der Waals surface area (Å²) in [5, 5.41) is 0. The summed E-state index contributed by atoms with van der Waals surface area (Å²) in [6, 6.07) is 8.14. The monoisotopic (exact) mass is 276 g/mol. The molecule has 1 fully saturated rings. The summed E-state index contributed by atoms with van der Waals surface area (Å²) >= 11 is 0. The quantitative estimate of drug-likeness (QED) is 0.853. The lowest BCUT2D eigenvalue weighted by molar-refractivity contribution is -0.160. The van der Waals surface area contributed by atoms with Gasteiger partial charge in [0.2, 0.25) is 0 Å². The lowest BCUT2D eigenvalue weighted by Gasteiger charge is -2.39. The summed E-state index contributed by atoms with van der Waals surface area (Å²) in [4.78, 5) is 14.4. The second kappa shape index (κ2) is 5.91. The van der Waals surface area contributed by atoms with Crippen LogP contribution < -0.4 is 5.73 Å². The number of hydrogen-bond donors (Lipinski definition) is 1. The Labute approximate surface area is 118 Å². The van der Waals surface area contributed by atoms with E-state index in [0.717, 1.165) is 12.0 Å². The van der Waals surface area contributed by atoms with Gasteiger partial charge in [-0.15, -0.1) is 0 Å². The maximum Gasteiger partial charge on any atom is 0.254 e. The first-order valence-electron chi connectivity index (χ1n) is 7.09. The standard InChI is InChI=1S/C15H20N2O3/c16-9-13-12-4-2-1-3-11(12)5-6-17(13)15(18)14-10-19-7-8-20-14/h1-4,13-14H,5-10,16H2. The molecule has 1 saturated heterocycles. The Morgan fingerprint density at radius 3 is 2.95 bits per heavy atom. The van der Waals surface area contributed by atoms with E-state index >= 15 is 0 Å². The predicted octanol–water partition coefficient (Wildman–Crippen LogP) is 0.486. The van der Waals surface area contributed by atoms with Gasteiger partial charge >= 0.3 is 0 Å². The summed E-state index contributed by atoms with van der Waals surface area (Å²) in [5.74, 6) is -0.00495. The fourth-order valence-electron chi connectivity index (χ4n) is 2.98. The van der Waals surface area contributed by atoms with Gasteiger partial charge in [-0.25, -0.2) is 0 Å². The molecule has 1 aromatic carbocycles. The molecule has 2 atom stereocenters. The van der Waals surface area contributed by atoms with E-state index in [1.165, 1.54) is 5.56 Å². The van der Waals surface area contributed by atoms with Gasteiger partial charge in [0.15, 0.2) is 6.10 Å². The van der Waals surface area contributed by atoms with Gasteiger partial charge in [0.05, 0.1) is 25.9 Å². The van der Waals surface area contributed by atoms with Crippen LogP contribution in [-0.4, -0.2) is 49.8 Å². The van der Waals surface area contributed by atoms with Crippen LogP contribution in [0.15, 0.2) is 24.3 Å². The largest absolute Gasteiger partial charge is 0.376 e. The zero-order valence-electron chi connectivity index (χ0n) is 11.5. The molecule has 2 heterocycles. The number of nitrogens with zero attached hydrogens (tertiary/aromatic N) is 1. The lowest BCUT2D eigenvalue weighted by atomic mass is 9.92. The van der Waals surface area contributed by atoms with Crippen molar-refractivity contribution < 1.29 is 14.3 Å². The molecule has 2 aliphatic heterocycles. The number of hydrogen-bond acceptors (Lipinski definition) is 4. The van der Waals surface area contributed by atoms with Crippen molar-refractivity contribution in [2.45, 2.75) is 18.6 Å². The fourth-order valence-corrected chi connectivity index (χ4v) is 2.98. The number of nitrogens with two attached hydrogens (primary N) is 1. The van der Waals surface area contributed by atoms with E-state index in [1.807, 2.05) is 17.0 Å². The van der Waals surface area contributed by atoms with Gasteiger partial charge in [0, 0.05) is 13.1 Å². The number of benzene rings is 1. The highest BCUT2D eigenvalue weighted by molar-refractivity contribution is 5.82. The molecule has 0 aliphatic carbocycles. The third-order valence-electron chi connectivity index (χ3n) is 4.01. The number of carbonyl (C=O) groups is 1. The molecule has 2 unspecified atom stereocenters. The molecule has 5 nitrogen and oxygen atoms in total. The van der Waals surface area contributed by atoms with E-state index in [-0.39, 0.29) is 11.9 Å². The SMILES string of the molecule is NCC1c2ccccc2CCN1C(=O)C1COCCO1. The average Bonchev–Trinajstić information content (AvgIpc) is 2.54. The topological polar surface area (TPSA) is 64.8 Å². The minimum absolute atomic E-state index is 0.00495. The molecule has 1 amide bonds. The molecule has 3 rings (SSSR count). The highest BCUT2D eigenvalue weighted by Crippen LogP contribution is 2.29. The van der Waals surface area contributed by atoms with Gasteiger partial charge < -0.3 is 20.1 Å². The zero-order chi connectivity index (χ0) is 13.9. The highest BCUT2D eigenvalue weighted by Gasteiger charge is 2.34. The maximum atomic E-state index is 12.6. The molecule has 0 aromatic heterocycles. The third-order valence-corrected chi connectivity index (χ3v) is 4.01. The number of rotatable bonds is 2. The maximum absolute atomic E-state index is 12.6. The number of carbonyl (C=O) groups excluding carboxylic acids is 1. The fraction of sp³-hybridized carbons (Fsp3) is 0.533. The predicted molar refractivity (Wildman–Crippen MR) is 74.2 cm³/mol. The molecular weight excluding hydrogens is 256 g/mol. The molecule has 2 N–H and O–H groups in total. The third kappa shape index (κ3) is 2.44. The van der Waals surface area contributed by atoms with Gasteiger partial charge in [0.25, 0.3) is 5.91 Å². The van der Waals surface area contributed by atoms with E-state index in [1.54, 1.807) is 0 Å². The molecule has 2 aliphatic rings. The summed E-state index contributed by atoms with van der Waals surface area (Å²) in [6.07, 6.45) is 0.384. The van der Waals surface area contributed by atoms with Crippen LogP contribution in [0.2, 0.25) is 0 Å². The summed E-state index contributed by atoms with van der Waals surface area (Å²) < 4.78 is 10.8. The van der Waals surface area contributed by atoms with Crippen molar-refractivity contribution in [2.24, 2.45) is 5.73 Å². The van der Waals surface area contributed by atoms with Crippen LogP contribution in [0.4, 0.5) is 0 Å². The van der Waals surface area contributed by atoms with Gasteiger partial charge in [-0.2, -0.15) is 0 Å². The highest BCUT2D eigenvalue weighted by atomic mass is 16.6. The van der Waals surface area contributed by atoms with E-state index in [2.05, 4.69) is 12.1 Å². The van der Waals surface area contributed by atoms with Crippen LogP contribution in [0.5, 0.6) is 0 Å². The molecule has 5 heteroatoms. The van der Waals surface area contributed by atoms with Crippen molar-refractivity contribution >= 4 is 5.91 Å². The summed E-state index contributed by atoms with van der Waals surface area (Å²) in [6.45, 7) is 2.50. The first-order chi connectivity index (χ1) is 9.81. The Kier molecular flexibility index (Phi) is 4.00. The van der Waals surface area contributed by atoms with E-state index < -0.39 is 6.10 Å². The lowest BCUT2D eigenvalue weighted by Crippen LogP contribution is -2.50. The van der Waals surface area contributed by atoms with Crippen LogP contribution >= 0.6 is 0 Å². The molecule has 0 bridgehead atoms. The van der Waals surface area contributed by atoms with Crippen LogP contribution in [0.25, 0.3) is 0 Å². The first-order valence-corrected chi connectivity index (χ1v) is 7.09. The van der Waals surface area contributed by atoms with Crippen molar-refractivity contribution in [3.8, 4) is 0 Å². The number of amides is 1. The number of fused-ring (bicyclic) bond motifs is 1. The van der Waals surface area contributed by atoms with Gasteiger partial charge in [-0.1, -0.05) is 24.3 Å². The smallest absolute Gasteiger partial charge is 0.254 e. The van der Waals surface area contributed by atoms with Gasteiger partial charge in [0.1, 0.15) is 0 Å². The second-order valence-corrected chi connectivity index (χ2v) is 5.17. The van der Waals surface area contributed by atoms with E-state index in [0.29, 0.717) is 32.9 Å². The van der Waals surface area contributed by atoms with Crippen molar-refractivity contribution in [3.63, 3.8) is 0 Å². The van der Waals surface area contributed by atoms with Crippen molar-refractivity contribution in [2.75, 3.05) is 32.9 Å². The van der Waals surface area contributed by atoms with Crippen LogP contribution in [0.1, 0.15) is 17.2 Å². The Balaban J connectivity index is 1.81. The van der Waals surface area contributed by atoms with Crippen LogP contribution in [-0.2, 0) is 20.7 Å². The van der Waals surface area contributed by atoms with Gasteiger partial charge in [-0.3, -0.25) is 4.79 Å². The average molecular weight is 276 g/mol. The van der Waals surface area contributed by atoms with Crippen LogP contribution in [0.3, 0.4) is 0 Å². The Morgan fingerprint density at radius 1 is 1.35 bits per heavy atom. The van der Waals surface area contributed by atoms with E-state index in [4.69, 9.17) is 15.2 Å². The van der Waals surface area contributed by atoms with Crippen molar-refractivity contribution in [3.05, 3.63) is 35.4 Å². The minimum Gasteiger partial charge on any atom is -0.376 e. The summed E-state index contributed by atoms with van der Waals surface area (Å²) in [5.41, 5.74) is 8.35. The normalized spacial score (nSPS) is 26.1. The number of ether oxygens (including phenoxy) is 2. The Bertz CT molecular complexity index is 486. The molecule has 0 saturated carbocycles. The summed E-state index contributed by atoms with van der Waals surface area (Å²) in [7, 11) is 0. The van der Waals surface area contributed by atoms with Crippen LogP contribution in [0, 0.1) is 0 Å². The first kappa shape index (κ1) is 13.5. The molecule has 0 spiro atoms. The molecule has 1 aromatic rings. The van der Waals surface area contributed by atoms with Crippen molar-refractivity contribution in [1.82, 2.24) is 4.90 Å². The zero-order valence-corrected chi connectivity index (χ0v) is 11.5. The second-order valence-electron chi connectivity index (χ2n) is 5.17. The van der Waals surface area contributed by atoms with Crippen molar-refractivity contribution in [1.29, 1.82) is 0 Å². The van der Waals surface area contributed by atoms with Gasteiger partial charge in [-0.05, 0) is 17.5 Å². The van der Waals surface area contributed by atoms with E-state index in [9.17, 15) is 4.79 Å². The minimum atomic E-state index is -0.483. The molecule has 108 valence electrons. The Morgan fingerprint density at radius 2 is 2.20 bits per heavy atom. The molecular formula is C15H20N2O3.